The van der Waals surface area contributed by atoms with Crippen molar-refractivity contribution in [2.24, 2.45) is 0 Å². The van der Waals surface area contributed by atoms with Crippen molar-refractivity contribution < 1.29 is 9.13 Å². The number of hydrogen-bond donors (Lipinski definition) is 0. The van der Waals surface area contributed by atoms with Crippen molar-refractivity contribution in [3.63, 3.8) is 0 Å². The van der Waals surface area contributed by atoms with Gasteiger partial charge in [0.15, 0.2) is 11.0 Å². The van der Waals surface area contributed by atoms with E-state index in [4.69, 9.17) is 16.3 Å². The van der Waals surface area contributed by atoms with Crippen molar-refractivity contribution in [2.75, 3.05) is 7.11 Å². The number of aromatic nitrogens is 3. The van der Waals surface area contributed by atoms with Crippen LogP contribution in [0.4, 0.5) is 4.39 Å². The lowest BCUT2D eigenvalue weighted by Crippen LogP contribution is -2.00. The van der Waals surface area contributed by atoms with E-state index in [0.717, 1.165) is 5.52 Å². The summed E-state index contributed by atoms with van der Waals surface area (Å²) >= 11 is 5.97. The number of hydrogen-bond acceptors (Lipinski definition) is 3. The molecule has 0 spiro atoms. The van der Waals surface area contributed by atoms with E-state index in [1.807, 2.05) is 18.3 Å². The van der Waals surface area contributed by atoms with Gasteiger partial charge in [-0.25, -0.2) is 4.39 Å². The predicted molar refractivity (Wildman–Crippen MR) is 69.9 cm³/mol. The molecule has 2 aromatic heterocycles. The minimum atomic E-state index is -0.369. The molecule has 0 atom stereocenters. The van der Waals surface area contributed by atoms with Gasteiger partial charge in [0, 0.05) is 12.3 Å². The normalized spacial score (nSPS) is 10.9. The van der Waals surface area contributed by atoms with Crippen molar-refractivity contribution in [3.8, 4) is 17.1 Å². The average Bonchev–Trinajstić information content (AvgIpc) is 2.90. The second-order valence-corrected chi connectivity index (χ2v) is 4.28. The Bertz CT molecular complexity index is 757. The largest absolute Gasteiger partial charge is 0.496 e. The minimum absolute atomic E-state index is 0.315. The summed E-state index contributed by atoms with van der Waals surface area (Å²) in [5, 5.41) is 8.28. The molecule has 96 valence electrons. The molecule has 0 unspecified atom stereocenters. The third kappa shape index (κ3) is 1.92. The van der Waals surface area contributed by atoms with Crippen LogP contribution >= 0.6 is 11.6 Å². The number of methoxy groups -OCH3 is 1. The van der Waals surface area contributed by atoms with E-state index in [2.05, 4.69) is 10.2 Å². The van der Waals surface area contributed by atoms with Crippen LogP contribution in [0.1, 0.15) is 0 Å². The van der Waals surface area contributed by atoms with E-state index in [-0.39, 0.29) is 5.82 Å². The van der Waals surface area contributed by atoms with Gasteiger partial charge >= 0.3 is 0 Å². The van der Waals surface area contributed by atoms with E-state index in [1.54, 1.807) is 10.5 Å². The SMILES string of the molecule is COc1cc(F)ccc1-c1nnc(Cl)c2cccn12. The zero-order valence-corrected chi connectivity index (χ0v) is 10.7. The summed E-state index contributed by atoms with van der Waals surface area (Å²) in [5.74, 6) is 0.569. The Labute approximate surface area is 113 Å². The Morgan fingerprint density at radius 2 is 2.11 bits per heavy atom. The molecule has 2 heterocycles. The molecule has 3 rings (SSSR count). The van der Waals surface area contributed by atoms with Gasteiger partial charge in [0.2, 0.25) is 0 Å². The van der Waals surface area contributed by atoms with Crippen molar-refractivity contribution in [1.82, 2.24) is 14.6 Å². The first-order valence-electron chi connectivity index (χ1n) is 5.54. The van der Waals surface area contributed by atoms with Crippen LogP contribution in [-0.4, -0.2) is 21.7 Å². The molecule has 19 heavy (non-hydrogen) atoms. The van der Waals surface area contributed by atoms with Crippen LogP contribution < -0.4 is 4.74 Å². The van der Waals surface area contributed by atoms with Crippen molar-refractivity contribution >= 4 is 17.1 Å². The van der Waals surface area contributed by atoms with Crippen LogP contribution in [0.5, 0.6) is 5.75 Å². The molecule has 0 radical (unpaired) electrons. The Balaban J connectivity index is 2.30. The van der Waals surface area contributed by atoms with Crippen molar-refractivity contribution in [2.45, 2.75) is 0 Å². The molecule has 0 amide bonds. The maximum Gasteiger partial charge on any atom is 0.175 e. The fourth-order valence-electron chi connectivity index (χ4n) is 1.96. The van der Waals surface area contributed by atoms with Gasteiger partial charge in [0.1, 0.15) is 11.6 Å². The van der Waals surface area contributed by atoms with Crippen LogP contribution in [-0.2, 0) is 0 Å². The van der Waals surface area contributed by atoms with E-state index >= 15 is 0 Å². The van der Waals surface area contributed by atoms with Crippen molar-refractivity contribution in [1.29, 1.82) is 0 Å². The summed E-state index contributed by atoms with van der Waals surface area (Å²) in [5.41, 5.74) is 1.38. The van der Waals surface area contributed by atoms with Gasteiger partial charge in [-0.1, -0.05) is 11.6 Å². The first-order chi connectivity index (χ1) is 9.20. The molecule has 0 aliphatic heterocycles. The Morgan fingerprint density at radius 3 is 2.89 bits per heavy atom. The monoisotopic (exact) mass is 277 g/mol. The Hall–Kier alpha value is -2.14. The van der Waals surface area contributed by atoms with Crippen LogP contribution in [0.3, 0.4) is 0 Å². The molecule has 6 heteroatoms. The number of benzene rings is 1. The fraction of sp³-hybridized carbons (Fsp3) is 0.0769. The molecule has 0 aliphatic carbocycles. The van der Waals surface area contributed by atoms with Gasteiger partial charge in [-0.3, -0.25) is 4.40 Å². The quantitative estimate of drug-likeness (QED) is 0.722. The summed E-state index contributed by atoms with van der Waals surface area (Å²) in [4.78, 5) is 0. The summed E-state index contributed by atoms with van der Waals surface area (Å²) in [6, 6.07) is 7.93. The number of nitrogens with zero attached hydrogens (tertiary/aromatic N) is 3. The molecular weight excluding hydrogens is 269 g/mol. The molecule has 3 aromatic rings. The smallest absolute Gasteiger partial charge is 0.175 e. The van der Waals surface area contributed by atoms with E-state index in [1.165, 1.54) is 19.2 Å². The Morgan fingerprint density at radius 1 is 1.26 bits per heavy atom. The van der Waals surface area contributed by atoms with E-state index < -0.39 is 0 Å². The summed E-state index contributed by atoms with van der Waals surface area (Å²) < 4.78 is 20.2. The first-order valence-corrected chi connectivity index (χ1v) is 5.91. The third-order valence-electron chi connectivity index (χ3n) is 2.83. The molecule has 0 saturated heterocycles. The standard InChI is InChI=1S/C13H9ClFN3O/c1-19-11-7-8(15)4-5-9(11)13-17-16-12(14)10-3-2-6-18(10)13/h2-7H,1H3. The molecule has 0 fully saturated rings. The van der Waals surface area contributed by atoms with Gasteiger partial charge in [-0.15, -0.1) is 10.2 Å². The van der Waals surface area contributed by atoms with Gasteiger partial charge in [0.05, 0.1) is 18.2 Å². The van der Waals surface area contributed by atoms with Gasteiger partial charge in [0.25, 0.3) is 0 Å². The molecular formula is C13H9ClFN3O. The number of rotatable bonds is 2. The maximum atomic E-state index is 13.2. The lowest BCUT2D eigenvalue weighted by Gasteiger charge is -2.09. The molecule has 4 nitrogen and oxygen atoms in total. The summed E-state index contributed by atoms with van der Waals surface area (Å²) in [6.45, 7) is 0. The predicted octanol–water partition coefficient (Wildman–Crippen LogP) is 3.20. The van der Waals surface area contributed by atoms with Gasteiger partial charge < -0.3 is 4.74 Å². The topological polar surface area (TPSA) is 39.4 Å². The first kappa shape index (κ1) is 11.9. The number of ether oxygens (including phenoxy) is 1. The minimum Gasteiger partial charge on any atom is -0.496 e. The fourth-order valence-corrected chi connectivity index (χ4v) is 2.15. The van der Waals surface area contributed by atoms with Crippen LogP contribution in [0.2, 0.25) is 5.15 Å². The summed E-state index contributed by atoms with van der Waals surface area (Å²) in [7, 11) is 1.48. The second kappa shape index (κ2) is 4.51. The highest BCUT2D eigenvalue weighted by Gasteiger charge is 2.14. The van der Waals surface area contributed by atoms with Crippen LogP contribution in [0, 0.1) is 5.82 Å². The van der Waals surface area contributed by atoms with Gasteiger partial charge in [-0.05, 0) is 24.3 Å². The molecule has 0 saturated carbocycles. The van der Waals surface area contributed by atoms with E-state index in [0.29, 0.717) is 22.3 Å². The lowest BCUT2D eigenvalue weighted by molar-refractivity contribution is 0.412. The molecule has 1 aromatic carbocycles. The van der Waals surface area contributed by atoms with Crippen LogP contribution in [0.15, 0.2) is 36.5 Å². The highest BCUT2D eigenvalue weighted by Crippen LogP contribution is 2.30. The zero-order valence-electron chi connectivity index (χ0n) is 9.97. The molecule has 0 aliphatic rings. The zero-order chi connectivity index (χ0) is 13.4. The second-order valence-electron chi connectivity index (χ2n) is 3.92. The number of halogens is 2. The maximum absolute atomic E-state index is 13.2. The van der Waals surface area contributed by atoms with E-state index in [9.17, 15) is 4.39 Å². The highest BCUT2D eigenvalue weighted by atomic mass is 35.5. The third-order valence-corrected chi connectivity index (χ3v) is 3.09. The molecule has 0 N–H and O–H groups in total. The van der Waals surface area contributed by atoms with Crippen LogP contribution in [0.25, 0.3) is 16.9 Å². The van der Waals surface area contributed by atoms with Crippen molar-refractivity contribution in [3.05, 3.63) is 47.5 Å². The van der Waals surface area contributed by atoms with Gasteiger partial charge in [-0.2, -0.15) is 0 Å². The number of fused-ring (bicyclic) bond motifs is 1. The Kier molecular flexibility index (Phi) is 2.83. The highest BCUT2D eigenvalue weighted by molar-refractivity contribution is 6.32. The lowest BCUT2D eigenvalue weighted by atomic mass is 10.2. The molecule has 0 bridgehead atoms. The summed E-state index contributed by atoms with van der Waals surface area (Å²) in [6.07, 6.45) is 1.81. The average molecular weight is 278 g/mol.